The molecular formula is C11H14N4O2. The predicted molar refractivity (Wildman–Crippen MR) is 61.8 cm³/mol. The molecule has 0 saturated heterocycles. The van der Waals surface area contributed by atoms with E-state index in [1.807, 2.05) is 13.8 Å². The fourth-order valence-corrected chi connectivity index (χ4v) is 1.61. The molecule has 0 atom stereocenters. The molecule has 2 aromatic rings. The zero-order valence-corrected chi connectivity index (χ0v) is 9.79. The molecule has 0 aliphatic carbocycles. The number of carbonyl (C=O) groups is 1. The van der Waals surface area contributed by atoms with Gasteiger partial charge in [-0.1, -0.05) is 0 Å². The summed E-state index contributed by atoms with van der Waals surface area (Å²) in [5.74, 6) is -0.969. The van der Waals surface area contributed by atoms with Crippen LogP contribution in [0.25, 0.3) is 11.3 Å². The van der Waals surface area contributed by atoms with Crippen LogP contribution >= 0.6 is 0 Å². The lowest BCUT2D eigenvalue weighted by atomic mass is 10.1. The Morgan fingerprint density at radius 2 is 2.00 bits per heavy atom. The van der Waals surface area contributed by atoms with Gasteiger partial charge in [0.1, 0.15) is 11.3 Å². The summed E-state index contributed by atoms with van der Waals surface area (Å²) in [6, 6.07) is 0. The van der Waals surface area contributed by atoms with E-state index in [4.69, 9.17) is 5.11 Å². The highest BCUT2D eigenvalue weighted by Crippen LogP contribution is 2.21. The minimum atomic E-state index is -0.969. The lowest BCUT2D eigenvalue weighted by Crippen LogP contribution is -1.96. The standard InChI is InChI=1S/C11H14N4O2/c1-3-14-6-8(5-12-14)10-9(11(16)17)7-15(4-2)13-10/h5-7H,3-4H2,1-2H3,(H,16,17). The number of rotatable bonds is 4. The Morgan fingerprint density at radius 3 is 2.53 bits per heavy atom. The van der Waals surface area contributed by atoms with Gasteiger partial charge in [0.2, 0.25) is 0 Å². The second-order valence-electron chi connectivity index (χ2n) is 3.64. The molecule has 0 radical (unpaired) electrons. The molecule has 0 unspecified atom stereocenters. The van der Waals surface area contributed by atoms with Gasteiger partial charge < -0.3 is 5.11 Å². The van der Waals surface area contributed by atoms with Crippen molar-refractivity contribution in [3.8, 4) is 11.3 Å². The van der Waals surface area contributed by atoms with E-state index < -0.39 is 5.97 Å². The summed E-state index contributed by atoms with van der Waals surface area (Å²) < 4.78 is 3.36. The molecule has 0 saturated carbocycles. The minimum absolute atomic E-state index is 0.211. The highest BCUT2D eigenvalue weighted by molar-refractivity contribution is 5.94. The van der Waals surface area contributed by atoms with Crippen molar-refractivity contribution in [2.24, 2.45) is 0 Å². The van der Waals surface area contributed by atoms with Gasteiger partial charge in [0.05, 0.1) is 6.20 Å². The summed E-state index contributed by atoms with van der Waals surface area (Å²) >= 11 is 0. The number of aryl methyl sites for hydroxylation is 2. The first kappa shape index (κ1) is 11.4. The second-order valence-corrected chi connectivity index (χ2v) is 3.64. The summed E-state index contributed by atoms with van der Waals surface area (Å²) in [6.45, 7) is 5.27. The SMILES string of the molecule is CCn1cc(-c2nn(CC)cc2C(=O)O)cn1. The number of carboxylic acids is 1. The zero-order chi connectivity index (χ0) is 12.4. The normalized spacial score (nSPS) is 10.7. The molecule has 2 aromatic heterocycles. The van der Waals surface area contributed by atoms with Crippen LogP contribution in [0.1, 0.15) is 24.2 Å². The predicted octanol–water partition coefficient (Wildman–Crippen LogP) is 1.48. The summed E-state index contributed by atoms with van der Waals surface area (Å²) in [7, 11) is 0. The second kappa shape index (κ2) is 4.40. The fraction of sp³-hybridized carbons (Fsp3) is 0.364. The number of aromatic nitrogens is 4. The van der Waals surface area contributed by atoms with E-state index in [1.165, 1.54) is 0 Å². The quantitative estimate of drug-likeness (QED) is 0.869. The van der Waals surface area contributed by atoms with Gasteiger partial charge in [-0.15, -0.1) is 0 Å². The molecule has 0 aliphatic heterocycles. The Kier molecular flexibility index (Phi) is 2.95. The lowest BCUT2D eigenvalue weighted by Gasteiger charge is -1.94. The van der Waals surface area contributed by atoms with Crippen LogP contribution in [-0.4, -0.2) is 30.6 Å². The monoisotopic (exact) mass is 234 g/mol. The highest BCUT2D eigenvalue weighted by atomic mass is 16.4. The Balaban J connectivity index is 2.49. The smallest absolute Gasteiger partial charge is 0.339 e. The summed E-state index contributed by atoms with van der Waals surface area (Å²) in [4.78, 5) is 11.1. The molecule has 0 aromatic carbocycles. The van der Waals surface area contributed by atoms with E-state index >= 15 is 0 Å². The maximum Gasteiger partial charge on any atom is 0.339 e. The third-order valence-corrected chi connectivity index (χ3v) is 2.55. The van der Waals surface area contributed by atoms with Crippen molar-refractivity contribution in [3.05, 3.63) is 24.2 Å². The van der Waals surface area contributed by atoms with E-state index in [0.717, 1.165) is 12.1 Å². The molecular weight excluding hydrogens is 220 g/mol. The number of hydrogen-bond acceptors (Lipinski definition) is 3. The van der Waals surface area contributed by atoms with Gasteiger partial charge >= 0.3 is 5.97 Å². The van der Waals surface area contributed by atoms with E-state index in [9.17, 15) is 4.79 Å². The maximum absolute atomic E-state index is 11.1. The van der Waals surface area contributed by atoms with E-state index in [0.29, 0.717) is 12.2 Å². The van der Waals surface area contributed by atoms with Crippen LogP contribution in [0.4, 0.5) is 0 Å². The molecule has 17 heavy (non-hydrogen) atoms. The topological polar surface area (TPSA) is 72.9 Å². The zero-order valence-electron chi connectivity index (χ0n) is 9.79. The minimum Gasteiger partial charge on any atom is -0.478 e. The van der Waals surface area contributed by atoms with Crippen molar-refractivity contribution < 1.29 is 9.90 Å². The third kappa shape index (κ3) is 2.06. The molecule has 90 valence electrons. The molecule has 0 spiro atoms. The lowest BCUT2D eigenvalue weighted by molar-refractivity contribution is 0.0697. The van der Waals surface area contributed by atoms with Crippen molar-refractivity contribution >= 4 is 5.97 Å². The largest absolute Gasteiger partial charge is 0.478 e. The van der Waals surface area contributed by atoms with Gasteiger partial charge in [-0.05, 0) is 13.8 Å². The van der Waals surface area contributed by atoms with Gasteiger partial charge in [0.25, 0.3) is 0 Å². The Morgan fingerprint density at radius 1 is 1.29 bits per heavy atom. The van der Waals surface area contributed by atoms with Crippen molar-refractivity contribution in [1.29, 1.82) is 0 Å². The molecule has 0 bridgehead atoms. The maximum atomic E-state index is 11.1. The van der Waals surface area contributed by atoms with Crippen molar-refractivity contribution in [1.82, 2.24) is 19.6 Å². The van der Waals surface area contributed by atoms with Crippen LogP contribution in [0.5, 0.6) is 0 Å². The first-order valence-corrected chi connectivity index (χ1v) is 5.49. The van der Waals surface area contributed by atoms with E-state index in [1.54, 1.807) is 28.0 Å². The van der Waals surface area contributed by atoms with Crippen molar-refractivity contribution in [2.75, 3.05) is 0 Å². The van der Waals surface area contributed by atoms with Gasteiger partial charge in [-0.3, -0.25) is 9.36 Å². The summed E-state index contributed by atoms with van der Waals surface area (Å²) in [5.41, 5.74) is 1.41. The van der Waals surface area contributed by atoms with E-state index in [2.05, 4.69) is 10.2 Å². The van der Waals surface area contributed by atoms with Crippen LogP contribution in [0.2, 0.25) is 0 Å². The Bertz CT molecular complexity index is 541. The average molecular weight is 234 g/mol. The molecule has 2 heterocycles. The molecule has 6 heteroatoms. The Hall–Kier alpha value is -2.11. The van der Waals surface area contributed by atoms with Gasteiger partial charge in [-0.2, -0.15) is 10.2 Å². The molecule has 0 amide bonds. The molecule has 2 rings (SSSR count). The highest BCUT2D eigenvalue weighted by Gasteiger charge is 2.17. The summed E-state index contributed by atoms with van der Waals surface area (Å²) in [5, 5.41) is 17.5. The fourth-order valence-electron chi connectivity index (χ4n) is 1.61. The van der Waals surface area contributed by atoms with Crippen molar-refractivity contribution in [2.45, 2.75) is 26.9 Å². The van der Waals surface area contributed by atoms with Crippen molar-refractivity contribution in [3.63, 3.8) is 0 Å². The van der Waals surface area contributed by atoms with Gasteiger partial charge in [0, 0.05) is 31.0 Å². The first-order chi connectivity index (χ1) is 8.15. The first-order valence-electron chi connectivity index (χ1n) is 5.49. The van der Waals surface area contributed by atoms with Gasteiger partial charge in [0.15, 0.2) is 0 Å². The van der Waals surface area contributed by atoms with Crippen LogP contribution < -0.4 is 0 Å². The van der Waals surface area contributed by atoms with Crippen LogP contribution in [0, 0.1) is 0 Å². The number of hydrogen-bond donors (Lipinski definition) is 1. The van der Waals surface area contributed by atoms with Crippen LogP contribution in [-0.2, 0) is 13.1 Å². The molecule has 0 aliphatic rings. The third-order valence-electron chi connectivity index (χ3n) is 2.55. The van der Waals surface area contributed by atoms with Crippen LogP contribution in [0.15, 0.2) is 18.6 Å². The van der Waals surface area contributed by atoms with Crippen LogP contribution in [0.3, 0.4) is 0 Å². The van der Waals surface area contributed by atoms with E-state index in [-0.39, 0.29) is 5.56 Å². The average Bonchev–Trinajstić information content (AvgIpc) is 2.94. The summed E-state index contributed by atoms with van der Waals surface area (Å²) in [6.07, 6.45) is 4.98. The van der Waals surface area contributed by atoms with Gasteiger partial charge in [-0.25, -0.2) is 4.79 Å². The molecule has 1 N–H and O–H groups in total. The Labute approximate surface area is 98.5 Å². The number of carboxylic acid groups (broad SMARTS) is 1. The molecule has 6 nitrogen and oxygen atoms in total. The molecule has 0 fully saturated rings. The number of aromatic carboxylic acids is 1. The number of nitrogens with zero attached hydrogens (tertiary/aromatic N) is 4.